The van der Waals surface area contributed by atoms with Gasteiger partial charge in [-0.2, -0.15) is 5.10 Å². The fourth-order valence-electron chi connectivity index (χ4n) is 3.74. The number of hydrazone groups is 1. The van der Waals surface area contributed by atoms with Gasteiger partial charge < -0.3 is 18.9 Å². The van der Waals surface area contributed by atoms with E-state index in [1.54, 1.807) is 4.90 Å². The molecule has 2 aromatic rings. The highest BCUT2D eigenvalue weighted by atomic mass is 32.1. The molecule has 0 saturated heterocycles. The molecule has 0 fully saturated rings. The monoisotopic (exact) mass is 458 g/mol. The molecular weight excluding hydrogens is 436 g/mol. The molecule has 0 atom stereocenters. The minimum absolute atomic E-state index is 0.167. The Balaban J connectivity index is 1.61. The summed E-state index contributed by atoms with van der Waals surface area (Å²) in [5.74, 6) is -0.955. The number of hydrogen-bond acceptors (Lipinski definition) is 8. The fourth-order valence-corrected chi connectivity index (χ4v) is 4.36. The maximum absolute atomic E-state index is 12.9. The Morgan fingerprint density at radius 2 is 2.03 bits per heavy atom. The van der Waals surface area contributed by atoms with E-state index in [1.807, 2.05) is 17.5 Å². The van der Waals surface area contributed by atoms with E-state index >= 15 is 0 Å². The summed E-state index contributed by atoms with van der Waals surface area (Å²) < 4.78 is 12.3. The number of aromatic nitrogens is 1. The summed E-state index contributed by atoms with van der Waals surface area (Å²) in [4.78, 5) is 52.2. The molecule has 10 nitrogen and oxygen atoms in total. The third-order valence-corrected chi connectivity index (χ3v) is 6.22. The van der Waals surface area contributed by atoms with Crippen molar-refractivity contribution in [2.75, 3.05) is 20.2 Å². The normalized spacial score (nSPS) is 15.8. The highest BCUT2D eigenvalue weighted by Gasteiger charge is 2.29. The van der Waals surface area contributed by atoms with Gasteiger partial charge in [0.15, 0.2) is 0 Å². The highest BCUT2D eigenvalue weighted by Crippen LogP contribution is 2.25. The maximum atomic E-state index is 12.9. The van der Waals surface area contributed by atoms with Crippen molar-refractivity contribution < 1.29 is 23.9 Å². The minimum Gasteiger partial charge on any atom is -0.487 e. The van der Waals surface area contributed by atoms with Gasteiger partial charge in [-0.3, -0.25) is 14.4 Å². The first kappa shape index (κ1) is 21.8. The molecule has 0 saturated carbocycles. The number of ether oxygens (including phenoxy) is 2. The van der Waals surface area contributed by atoms with Gasteiger partial charge in [0.1, 0.15) is 23.6 Å². The van der Waals surface area contributed by atoms with Crippen molar-refractivity contribution in [3.63, 3.8) is 0 Å². The Morgan fingerprint density at radius 1 is 1.19 bits per heavy atom. The molecule has 4 heterocycles. The Kier molecular flexibility index (Phi) is 6.35. The summed E-state index contributed by atoms with van der Waals surface area (Å²) in [6.07, 6.45) is 0.735. The van der Waals surface area contributed by atoms with E-state index < -0.39 is 5.97 Å². The van der Waals surface area contributed by atoms with Crippen molar-refractivity contribution in [1.29, 1.82) is 0 Å². The average Bonchev–Trinajstić information content (AvgIpc) is 3.22. The zero-order valence-electron chi connectivity index (χ0n) is 17.5. The van der Waals surface area contributed by atoms with Crippen LogP contribution in [0.3, 0.4) is 0 Å². The molecule has 1 N–H and O–H groups in total. The number of pyridine rings is 1. The van der Waals surface area contributed by atoms with Crippen LogP contribution in [0.5, 0.6) is 5.75 Å². The van der Waals surface area contributed by atoms with E-state index in [0.717, 1.165) is 4.88 Å². The van der Waals surface area contributed by atoms with Crippen LogP contribution in [-0.2, 0) is 33.9 Å². The van der Waals surface area contributed by atoms with Crippen LogP contribution in [0, 0.1) is 0 Å². The maximum Gasteiger partial charge on any atom is 0.343 e. The fraction of sp³-hybridized carbons (Fsp3) is 0.381. The molecule has 0 bridgehead atoms. The number of nitrogens with zero attached hydrogens (tertiary/aromatic N) is 3. The van der Waals surface area contributed by atoms with Crippen molar-refractivity contribution in [2.24, 2.45) is 5.10 Å². The molecular formula is C21H22N4O6S. The molecule has 0 radical (unpaired) electrons. The van der Waals surface area contributed by atoms with Crippen LogP contribution >= 0.6 is 11.3 Å². The van der Waals surface area contributed by atoms with Crippen molar-refractivity contribution in [3.05, 3.63) is 50.1 Å². The quantitative estimate of drug-likeness (QED) is 0.666. The Labute approximate surface area is 187 Å². The molecule has 4 rings (SSSR count). The Morgan fingerprint density at radius 3 is 2.72 bits per heavy atom. The Bertz CT molecular complexity index is 1140. The molecule has 0 spiro atoms. The van der Waals surface area contributed by atoms with Gasteiger partial charge in [0, 0.05) is 55.5 Å². The van der Waals surface area contributed by atoms with Gasteiger partial charge in [0.25, 0.3) is 11.5 Å². The third kappa shape index (κ3) is 4.42. The smallest absolute Gasteiger partial charge is 0.343 e. The molecule has 0 aromatic carbocycles. The largest absolute Gasteiger partial charge is 0.487 e. The first-order valence-corrected chi connectivity index (χ1v) is 11.0. The van der Waals surface area contributed by atoms with E-state index in [2.05, 4.69) is 10.5 Å². The topological polar surface area (TPSA) is 119 Å². The molecule has 2 aliphatic heterocycles. The summed E-state index contributed by atoms with van der Waals surface area (Å²) in [5, 5.41) is 5.79. The predicted octanol–water partition coefficient (Wildman–Crippen LogP) is 0.926. The molecule has 2 amide bonds. The molecule has 0 aliphatic carbocycles. The highest BCUT2D eigenvalue weighted by molar-refractivity contribution is 7.09. The van der Waals surface area contributed by atoms with Crippen molar-refractivity contribution in [1.82, 2.24) is 14.9 Å². The molecule has 2 aromatic heterocycles. The number of carbonyl (C=O) groups is 3. The molecule has 0 unspecified atom stereocenters. The van der Waals surface area contributed by atoms with Gasteiger partial charge in [0.05, 0.1) is 7.11 Å². The van der Waals surface area contributed by atoms with Gasteiger partial charge in [-0.05, 0) is 11.4 Å². The Hall–Kier alpha value is -3.47. The SMILES string of the molecule is COC(=O)c1c(OCc2cccs2)cc(=O)n2c1CCN(C(=O)C1=NNC(=O)CC1)CC2. The first-order chi connectivity index (χ1) is 15.5. The van der Waals surface area contributed by atoms with E-state index in [0.29, 0.717) is 5.69 Å². The van der Waals surface area contributed by atoms with Gasteiger partial charge in [-0.15, -0.1) is 11.3 Å². The number of nitrogens with one attached hydrogen (secondary N) is 1. The summed E-state index contributed by atoms with van der Waals surface area (Å²) in [6.45, 7) is 0.994. The minimum atomic E-state index is -0.603. The van der Waals surface area contributed by atoms with Crippen LogP contribution in [0.25, 0.3) is 0 Å². The lowest BCUT2D eigenvalue weighted by molar-refractivity contribution is -0.124. The zero-order valence-corrected chi connectivity index (χ0v) is 18.3. The number of thiophene rings is 1. The number of rotatable bonds is 5. The lowest BCUT2D eigenvalue weighted by Crippen LogP contribution is -2.41. The van der Waals surface area contributed by atoms with Crippen LogP contribution in [0.15, 0.2) is 33.5 Å². The van der Waals surface area contributed by atoms with E-state index in [4.69, 9.17) is 9.47 Å². The van der Waals surface area contributed by atoms with E-state index in [1.165, 1.54) is 29.1 Å². The number of esters is 1. The second-order valence-electron chi connectivity index (χ2n) is 7.32. The van der Waals surface area contributed by atoms with Crippen LogP contribution in [0.4, 0.5) is 0 Å². The van der Waals surface area contributed by atoms with Gasteiger partial charge >= 0.3 is 5.97 Å². The lowest BCUT2D eigenvalue weighted by atomic mass is 10.1. The van der Waals surface area contributed by atoms with Crippen molar-refractivity contribution in [2.45, 2.75) is 32.4 Å². The van der Waals surface area contributed by atoms with Gasteiger partial charge in [0.2, 0.25) is 5.91 Å². The molecule has 168 valence electrons. The summed E-state index contributed by atoms with van der Waals surface area (Å²) in [7, 11) is 1.27. The average molecular weight is 458 g/mol. The van der Waals surface area contributed by atoms with Gasteiger partial charge in [-0.25, -0.2) is 10.2 Å². The van der Waals surface area contributed by atoms with Crippen LogP contribution < -0.4 is 15.7 Å². The number of hydrogen-bond donors (Lipinski definition) is 1. The number of amides is 2. The van der Waals surface area contributed by atoms with Crippen LogP contribution in [-0.4, -0.2) is 53.2 Å². The summed E-state index contributed by atoms with van der Waals surface area (Å²) in [5.41, 5.74) is 2.95. The number of methoxy groups -OCH3 is 1. The zero-order chi connectivity index (χ0) is 22.7. The van der Waals surface area contributed by atoms with Crippen LogP contribution in [0.2, 0.25) is 0 Å². The molecule has 11 heteroatoms. The second kappa shape index (κ2) is 9.35. The predicted molar refractivity (Wildman–Crippen MR) is 116 cm³/mol. The van der Waals surface area contributed by atoms with Crippen molar-refractivity contribution in [3.8, 4) is 5.75 Å². The van der Waals surface area contributed by atoms with E-state index in [-0.39, 0.29) is 79.9 Å². The summed E-state index contributed by atoms with van der Waals surface area (Å²) >= 11 is 1.51. The lowest BCUT2D eigenvalue weighted by Gasteiger charge is -2.22. The molecule has 32 heavy (non-hydrogen) atoms. The van der Waals surface area contributed by atoms with Gasteiger partial charge in [-0.1, -0.05) is 6.07 Å². The second-order valence-corrected chi connectivity index (χ2v) is 8.35. The summed E-state index contributed by atoms with van der Waals surface area (Å²) in [6, 6.07) is 5.09. The standard InChI is InChI=1S/C21H22N4O6S/c1-30-21(29)19-15-6-7-24(20(28)14-4-5-17(26)23-22-14)8-9-25(15)18(27)11-16(19)31-12-13-3-2-10-32-13/h2-3,10-11H,4-9,12H2,1H3,(H,23,26). The number of fused-ring (bicyclic) bond motifs is 1. The number of carbonyl (C=O) groups excluding carboxylic acids is 3. The first-order valence-electron chi connectivity index (χ1n) is 10.1. The third-order valence-electron chi connectivity index (χ3n) is 5.37. The molecule has 2 aliphatic rings. The van der Waals surface area contributed by atoms with Crippen LogP contribution in [0.1, 0.15) is 33.8 Å². The van der Waals surface area contributed by atoms with E-state index in [9.17, 15) is 19.2 Å². The van der Waals surface area contributed by atoms with Crippen molar-refractivity contribution >= 4 is 34.8 Å².